The zero-order valence-electron chi connectivity index (χ0n) is 19.3. The minimum absolute atomic E-state index is 0.0583. The molecule has 0 bridgehead atoms. The molecule has 0 aliphatic carbocycles. The van der Waals surface area contributed by atoms with E-state index in [4.69, 9.17) is 21.1 Å². The van der Waals surface area contributed by atoms with Crippen molar-refractivity contribution in [2.24, 2.45) is 0 Å². The average Bonchev–Trinajstić information content (AvgIpc) is 3.05. The molecule has 10 nitrogen and oxygen atoms in total. The van der Waals surface area contributed by atoms with E-state index in [1.165, 1.54) is 24.7 Å². The number of aryl methyl sites for hydroxylation is 1. The number of benzene rings is 2. The maximum atomic E-state index is 16.4. The first-order valence-electron chi connectivity index (χ1n) is 11.2. The zero-order valence-corrected chi connectivity index (χ0v) is 20.1. The number of hydrogen-bond acceptors (Lipinski definition) is 8. The minimum atomic E-state index is -1.00. The molecule has 0 radical (unpaired) electrons. The van der Waals surface area contributed by atoms with E-state index in [9.17, 15) is 9.90 Å². The maximum absolute atomic E-state index is 16.4. The lowest BCUT2D eigenvalue weighted by atomic mass is 9.94. The molecule has 4 heterocycles. The second kappa shape index (κ2) is 8.30. The summed E-state index contributed by atoms with van der Waals surface area (Å²) >= 11 is 6.93. The Morgan fingerprint density at radius 3 is 2.75 bits per heavy atom. The lowest BCUT2D eigenvalue weighted by Gasteiger charge is -2.39. The summed E-state index contributed by atoms with van der Waals surface area (Å²) in [5.41, 5.74) is 1.95. The Hall–Kier alpha value is -3.99. The first-order chi connectivity index (χ1) is 17.4. The van der Waals surface area contributed by atoms with Crippen molar-refractivity contribution < 1.29 is 23.8 Å². The SMILES string of the molecule is COc1ncnc2ccc(C)c(-c3c(Cl)c4c5c(ncnc5c3F)N3CCN(C(=O)O)C[C@H]3CO4)c12. The van der Waals surface area contributed by atoms with E-state index < -0.39 is 11.9 Å². The van der Waals surface area contributed by atoms with Crippen LogP contribution in [0.15, 0.2) is 24.8 Å². The van der Waals surface area contributed by atoms with Crippen LogP contribution in [0.4, 0.5) is 15.0 Å². The number of carboxylic acid groups (broad SMARTS) is 1. The molecular formula is C24H20ClFN6O4. The molecule has 0 spiro atoms. The Morgan fingerprint density at radius 2 is 1.97 bits per heavy atom. The van der Waals surface area contributed by atoms with E-state index in [0.29, 0.717) is 34.2 Å². The first kappa shape index (κ1) is 22.5. The molecule has 36 heavy (non-hydrogen) atoms. The highest BCUT2D eigenvalue weighted by atomic mass is 35.5. The van der Waals surface area contributed by atoms with Gasteiger partial charge in [-0.3, -0.25) is 0 Å². The molecule has 12 heteroatoms. The number of carbonyl (C=O) groups is 1. The van der Waals surface area contributed by atoms with Crippen LogP contribution in [0.1, 0.15) is 5.56 Å². The van der Waals surface area contributed by atoms with Gasteiger partial charge in [0.1, 0.15) is 30.6 Å². The summed E-state index contributed by atoms with van der Waals surface area (Å²) in [6.45, 7) is 2.87. The van der Waals surface area contributed by atoms with Gasteiger partial charge in [-0.15, -0.1) is 0 Å². The Kier molecular flexibility index (Phi) is 5.18. The van der Waals surface area contributed by atoms with E-state index >= 15 is 4.39 Å². The van der Waals surface area contributed by atoms with Gasteiger partial charge in [0.05, 0.1) is 34.5 Å². The van der Waals surface area contributed by atoms with Crippen molar-refractivity contribution in [2.45, 2.75) is 13.0 Å². The van der Waals surface area contributed by atoms with Crippen LogP contribution < -0.4 is 14.4 Å². The van der Waals surface area contributed by atoms with Gasteiger partial charge < -0.3 is 24.4 Å². The quantitative estimate of drug-likeness (QED) is 0.428. The smallest absolute Gasteiger partial charge is 0.407 e. The third kappa shape index (κ3) is 3.19. The van der Waals surface area contributed by atoms with Gasteiger partial charge in [-0.05, 0) is 18.6 Å². The normalized spacial score (nSPS) is 17.1. The summed E-state index contributed by atoms with van der Waals surface area (Å²) in [6.07, 6.45) is 1.68. The van der Waals surface area contributed by atoms with Crippen molar-refractivity contribution in [2.75, 3.05) is 38.3 Å². The lowest BCUT2D eigenvalue weighted by Crippen LogP contribution is -2.56. The fraction of sp³-hybridized carbons (Fsp3) is 0.292. The molecule has 6 rings (SSSR count). The molecule has 2 aliphatic rings. The van der Waals surface area contributed by atoms with Gasteiger partial charge in [-0.1, -0.05) is 17.7 Å². The van der Waals surface area contributed by atoms with Gasteiger partial charge in [0, 0.05) is 30.8 Å². The molecule has 0 unspecified atom stereocenters. The first-order valence-corrected chi connectivity index (χ1v) is 11.6. The molecule has 2 aliphatic heterocycles. The fourth-order valence-corrected chi connectivity index (χ4v) is 5.42. The Balaban J connectivity index is 1.63. The second-order valence-electron chi connectivity index (χ2n) is 8.67. The number of rotatable bonds is 2. The number of aromatic nitrogens is 4. The summed E-state index contributed by atoms with van der Waals surface area (Å²) < 4.78 is 28.0. The highest BCUT2D eigenvalue weighted by Crippen LogP contribution is 2.50. The van der Waals surface area contributed by atoms with Crippen LogP contribution in [0, 0.1) is 12.7 Å². The van der Waals surface area contributed by atoms with Crippen LogP contribution in [0.3, 0.4) is 0 Å². The van der Waals surface area contributed by atoms with Gasteiger partial charge in [0.15, 0.2) is 11.6 Å². The van der Waals surface area contributed by atoms with Gasteiger partial charge in [-0.2, -0.15) is 0 Å². The van der Waals surface area contributed by atoms with Crippen LogP contribution in [-0.4, -0.2) is 75.4 Å². The predicted molar refractivity (Wildman–Crippen MR) is 131 cm³/mol. The number of amides is 1. The third-order valence-electron chi connectivity index (χ3n) is 6.77. The Morgan fingerprint density at radius 1 is 1.17 bits per heavy atom. The Labute approximate surface area is 209 Å². The molecule has 1 fully saturated rings. The largest absolute Gasteiger partial charge is 0.489 e. The molecule has 184 valence electrons. The van der Waals surface area contributed by atoms with Crippen LogP contribution in [0.2, 0.25) is 5.02 Å². The van der Waals surface area contributed by atoms with Gasteiger partial charge >= 0.3 is 6.09 Å². The molecule has 1 N–H and O–H groups in total. The molecular weight excluding hydrogens is 491 g/mol. The van der Waals surface area contributed by atoms with Crippen molar-refractivity contribution in [3.8, 4) is 22.8 Å². The van der Waals surface area contributed by atoms with Crippen molar-refractivity contribution in [1.29, 1.82) is 0 Å². The molecule has 0 saturated carbocycles. The van der Waals surface area contributed by atoms with Crippen LogP contribution >= 0.6 is 11.6 Å². The van der Waals surface area contributed by atoms with Crippen LogP contribution in [0.5, 0.6) is 11.6 Å². The number of fused-ring (bicyclic) bond motifs is 3. The zero-order chi connectivity index (χ0) is 25.1. The van der Waals surface area contributed by atoms with Crippen molar-refractivity contribution >= 4 is 45.3 Å². The topological polar surface area (TPSA) is 114 Å². The van der Waals surface area contributed by atoms with Crippen LogP contribution in [-0.2, 0) is 0 Å². The maximum Gasteiger partial charge on any atom is 0.407 e. The minimum Gasteiger partial charge on any atom is -0.489 e. The highest BCUT2D eigenvalue weighted by molar-refractivity contribution is 6.37. The summed E-state index contributed by atoms with van der Waals surface area (Å²) in [4.78, 5) is 32.1. The van der Waals surface area contributed by atoms with E-state index in [-0.39, 0.29) is 53.5 Å². The van der Waals surface area contributed by atoms with E-state index in [0.717, 1.165) is 5.56 Å². The Bertz CT molecular complexity index is 1570. The second-order valence-corrected chi connectivity index (χ2v) is 9.05. The van der Waals surface area contributed by atoms with Crippen molar-refractivity contribution in [3.05, 3.63) is 41.2 Å². The molecule has 1 saturated heterocycles. The number of methoxy groups -OCH3 is 1. The average molecular weight is 511 g/mol. The third-order valence-corrected chi connectivity index (χ3v) is 7.13. The fourth-order valence-electron chi connectivity index (χ4n) is 5.10. The lowest BCUT2D eigenvalue weighted by molar-refractivity contribution is 0.127. The predicted octanol–water partition coefficient (Wildman–Crippen LogP) is 3.91. The summed E-state index contributed by atoms with van der Waals surface area (Å²) in [5, 5.41) is 10.4. The molecule has 1 atom stereocenters. The standard InChI is InChI=1S/C24H20ClFN6O4/c1-11-3-4-13-15(23(35-2)30-9-27-13)14(11)16-18(25)21-17-20(19(16)26)28-10-29-22(17)32-6-5-31(24(33)34)7-12(32)8-36-21/h3-4,9-10,12H,5-8H2,1-2H3,(H,33,34)/t12-/m0/s1. The monoisotopic (exact) mass is 510 g/mol. The number of piperazine rings is 1. The molecule has 4 aromatic rings. The van der Waals surface area contributed by atoms with Gasteiger partial charge in [0.25, 0.3) is 0 Å². The molecule has 2 aromatic carbocycles. The van der Waals surface area contributed by atoms with E-state index in [2.05, 4.69) is 19.9 Å². The number of hydrogen-bond donors (Lipinski definition) is 1. The highest BCUT2D eigenvalue weighted by Gasteiger charge is 2.37. The molecule has 2 aromatic heterocycles. The van der Waals surface area contributed by atoms with Crippen molar-refractivity contribution in [3.63, 3.8) is 0 Å². The number of nitrogens with zero attached hydrogens (tertiary/aromatic N) is 6. The molecule has 1 amide bonds. The van der Waals surface area contributed by atoms with E-state index in [1.807, 2.05) is 24.0 Å². The number of anilines is 1. The van der Waals surface area contributed by atoms with Crippen LogP contribution in [0.25, 0.3) is 32.9 Å². The van der Waals surface area contributed by atoms with Gasteiger partial charge in [-0.25, -0.2) is 29.1 Å². The number of ether oxygens (including phenoxy) is 2. The number of halogens is 2. The van der Waals surface area contributed by atoms with Gasteiger partial charge in [0.2, 0.25) is 5.88 Å². The summed E-state index contributed by atoms with van der Waals surface area (Å²) in [5.74, 6) is 0.373. The van der Waals surface area contributed by atoms with E-state index in [1.54, 1.807) is 0 Å². The summed E-state index contributed by atoms with van der Waals surface area (Å²) in [7, 11) is 1.49. The summed E-state index contributed by atoms with van der Waals surface area (Å²) in [6, 6.07) is 3.31. The van der Waals surface area contributed by atoms with Crippen molar-refractivity contribution in [1.82, 2.24) is 24.8 Å².